The molecule has 1 nitrogen and oxygen atoms in total. The first-order valence-corrected chi connectivity index (χ1v) is 4.87. The van der Waals surface area contributed by atoms with Gasteiger partial charge in [0.05, 0.1) is 6.54 Å². The van der Waals surface area contributed by atoms with Crippen molar-refractivity contribution in [3.63, 3.8) is 0 Å². The molecule has 2 N–H and O–H groups in total. The molecule has 0 bridgehead atoms. The van der Waals surface area contributed by atoms with E-state index in [4.69, 9.17) is 5.73 Å². The highest BCUT2D eigenvalue weighted by Gasteiger charge is 2.28. The van der Waals surface area contributed by atoms with E-state index >= 15 is 0 Å². The zero-order valence-electron chi connectivity index (χ0n) is 7.64. The van der Waals surface area contributed by atoms with Crippen LogP contribution in [-0.4, -0.2) is 12.1 Å². The minimum absolute atomic E-state index is 0.140. The van der Waals surface area contributed by atoms with E-state index in [2.05, 4.69) is 11.8 Å². The van der Waals surface area contributed by atoms with Crippen molar-refractivity contribution in [1.82, 2.24) is 0 Å². The molecule has 0 saturated carbocycles. The van der Waals surface area contributed by atoms with E-state index in [1.807, 2.05) is 0 Å². The normalized spacial score (nSPS) is 10.7. The zero-order chi connectivity index (χ0) is 11.3. The Hall–Kier alpha value is -1.12. The van der Waals surface area contributed by atoms with Gasteiger partial charge in [-0.1, -0.05) is 11.8 Å². The number of thioether (sulfide) groups is 1. The first kappa shape index (κ1) is 12.0. The van der Waals surface area contributed by atoms with Gasteiger partial charge < -0.3 is 5.73 Å². The highest BCUT2D eigenvalue weighted by molar-refractivity contribution is 8.00. The zero-order valence-corrected chi connectivity index (χ0v) is 8.45. The Balaban J connectivity index is 2.73. The van der Waals surface area contributed by atoms with Crippen molar-refractivity contribution in [2.24, 2.45) is 5.73 Å². The Kier molecular flexibility index (Phi) is 4.06. The largest absolute Gasteiger partial charge is 0.446 e. The van der Waals surface area contributed by atoms with Crippen molar-refractivity contribution in [2.75, 3.05) is 6.54 Å². The topological polar surface area (TPSA) is 26.0 Å². The van der Waals surface area contributed by atoms with Crippen LogP contribution in [0.4, 0.5) is 13.2 Å². The van der Waals surface area contributed by atoms with Gasteiger partial charge in [0.1, 0.15) is 0 Å². The molecule has 0 heterocycles. The molecule has 0 fully saturated rings. The van der Waals surface area contributed by atoms with E-state index in [-0.39, 0.29) is 23.2 Å². The molecule has 5 heteroatoms. The third-order valence-corrected chi connectivity index (χ3v) is 2.16. The molecule has 0 spiro atoms. The number of hydrogen-bond donors (Lipinski definition) is 1. The van der Waals surface area contributed by atoms with Gasteiger partial charge in [0, 0.05) is 10.5 Å². The Morgan fingerprint density at radius 1 is 1.20 bits per heavy atom. The molecule has 0 amide bonds. The van der Waals surface area contributed by atoms with Crippen molar-refractivity contribution in [1.29, 1.82) is 0 Å². The summed E-state index contributed by atoms with van der Waals surface area (Å²) >= 11 is -0.140. The third kappa shape index (κ3) is 4.77. The molecule has 1 rings (SSSR count). The Morgan fingerprint density at radius 3 is 2.27 bits per heavy atom. The number of alkyl halides is 3. The molecular formula is C10H8F3NS. The summed E-state index contributed by atoms with van der Waals surface area (Å²) in [6.07, 6.45) is 0. The molecule has 0 atom stereocenters. The lowest BCUT2D eigenvalue weighted by atomic mass is 10.2. The maximum Gasteiger partial charge on any atom is 0.446 e. The van der Waals surface area contributed by atoms with E-state index in [0.29, 0.717) is 5.56 Å². The molecule has 1 aromatic rings. The molecule has 80 valence electrons. The number of halogens is 3. The van der Waals surface area contributed by atoms with E-state index in [0.717, 1.165) is 0 Å². The van der Waals surface area contributed by atoms with Gasteiger partial charge in [-0.25, -0.2) is 0 Å². The summed E-state index contributed by atoms with van der Waals surface area (Å²) < 4.78 is 35.9. The van der Waals surface area contributed by atoms with Gasteiger partial charge in [-0.2, -0.15) is 13.2 Å². The van der Waals surface area contributed by atoms with Crippen LogP contribution in [0.25, 0.3) is 0 Å². The van der Waals surface area contributed by atoms with Crippen LogP contribution in [0.2, 0.25) is 0 Å². The smallest absolute Gasteiger partial charge is 0.320 e. The molecule has 0 saturated heterocycles. The average molecular weight is 231 g/mol. The summed E-state index contributed by atoms with van der Waals surface area (Å²) in [6.45, 7) is 0.235. The lowest BCUT2D eigenvalue weighted by Gasteiger charge is -2.04. The third-order valence-electron chi connectivity index (χ3n) is 1.42. The number of nitrogens with two attached hydrogens (primary N) is 1. The van der Waals surface area contributed by atoms with Crippen molar-refractivity contribution in [2.45, 2.75) is 10.4 Å². The molecule has 1 aromatic carbocycles. The standard InChI is InChI=1S/C10H8F3NS/c11-10(12,13)15-9-5-3-8(4-6-9)2-1-7-14/h3-6H,7,14H2. The van der Waals surface area contributed by atoms with Crippen LogP contribution < -0.4 is 5.73 Å². The summed E-state index contributed by atoms with van der Waals surface area (Å²) in [7, 11) is 0. The summed E-state index contributed by atoms with van der Waals surface area (Å²) in [4.78, 5) is 0.154. The van der Waals surface area contributed by atoms with E-state index in [1.54, 1.807) is 0 Å². The second-order valence-electron chi connectivity index (χ2n) is 2.58. The van der Waals surface area contributed by atoms with E-state index in [9.17, 15) is 13.2 Å². The molecule has 0 aromatic heterocycles. The molecule has 0 unspecified atom stereocenters. The van der Waals surface area contributed by atoms with E-state index < -0.39 is 5.51 Å². The van der Waals surface area contributed by atoms with Gasteiger partial charge in [-0.15, -0.1) is 0 Å². The van der Waals surface area contributed by atoms with Gasteiger partial charge in [-0.05, 0) is 36.0 Å². The van der Waals surface area contributed by atoms with Crippen LogP contribution >= 0.6 is 11.8 Å². The molecule has 0 aliphatic carbocycles. The first-order valence-electron chi connectivity index (χ1n) is 4.06. The fourth-order valence-corrected chi connectivity index (χ4v) is 1.43. The second kappa shape index (κ2) is 5.10. The van der Waals surface area contributed by atoms with E-state index in [1.165, 1.54) is 24.3 Å². The fraction of sp³-hybridized carbons (Fsp3) is 0.200. The fourth-order valence-electron chi connectivity index (χ4n) is 0.893. The highest BCUT2D eigenvalue weighted by atomic mass is 32.2. The number of rotatable bonds is 1. The van der Waals surface area contributed by atoms with Crippen LogP contribution in [0, 0.1) is 11.8 Å². The summed E-state index contributed by atoms with van der Waals surface area (Å²) in [5.41, 5.74) is 1.58. The maximum atomic E-state index is 12.0. The number of hydrogen-bond acceptors (Lipinski definition) is 2. The van der Waals surface area contributed by atoms with Crippen LogP contribution in [0.5, 0.6) is 0 Å². The molecule has 15 heavy (non-hydrogen) atoms. The van der Waals surface area contributed by atoms with Crippen molar-refractivity contribution < 1.29 is 13.2 Å². The Labute approximate surface area is 89.9 Å². The highest BCUT2D eigenvalue weighted by Crippen LogP contribution is 2.36. The molecular weight excluding hydrogens is 223 g/mol. The van der Waals surface area contributed by atoms with Gasteiger partial charge in [0.25, 0.3) is 0 Å². The second-order valence-corrected chi connectivity index (χ2v) is 3.72. The predicted molar refractivity (Wildman–Crippen MR) is 54.3 cm³/mol. The van der Waals surface area contributed by atoms with Crippen LogP contribution in [-0.2, 0) is 0 Å². The summed E-state index contributed by atoms with van der Waals surface area (Å²) in [5, 5.41) is 0. The Morgan fingerprint density at radius 2 is 1.80 bits per heavy atom. The van der Waals surface area contributed by atoms with Crippen LogP contribution in [0.1, 0.15) is 5.56 Å². The maximum absolute atomic E-state index is 12.0. The lowest BCUT2D eigenvalue weighted by Crippen LogP contribution is -1.98. The van der Waals surface area contributed by atoms with Crippen molar-refractivity contribution in [3.8, 4) is 11.8 Å². The lowest BCUT2D eigenvalue weighted by molar-refractivity contribution is -0.0328. The van der Waals surface area contributed by atoms with Crippen molar-refractivity contribution in [3.05, 3.63) is 29.8 Å². The predicted octanol–water partition coefficient (Wildman–Crippen LogP) is 2.61. The first-order chi connectivity index (χ1) is 7.01. The summed E-state index contributed by atoms with van der Waals surface area (Å²) in [5.74, 6) is 5.35. The average Bonchev–Trinajstić information content (AvgIpc) is 2.14. The van der Waals surface area contributed by atoms with Gasteiger partial charge in [0.15, 0.2) is 0 Å². The SMILES string of the molecule is NCC#Cc1ccc(SC(F)(F)F)cc1. The van der Waals surface area contributed by atoms with Crippen molar-refractivity contribution >= 4 is 11.8 Å². The van der Waals surface area contributed by atoms with Gasteiger partial charge in [0.2, 0.25) is 0 Å². The monoisotopic (exact) mass is 231 g/mol. The molecule has 0 aliphatic heterocycles. The Bertz CT molecular complexity index is 372. The number of benzene rings is 1. The minimum atomic E-state index is -4.25. The summed E-state index contributed by atoms with van der Waals surface area (Å²) in [6, 6.07) is 5.85. The quantitative estimate of drug-likeness (QED) is 0.594. The molecule has 0 radical (unpaired) electrons. The van der Waals surface area contributed by atoms with Crippen LogP contribution in [0.3, 0.4) is 0 Å². The molecule has 0 aliphatic rings. The van der Waals surface area contributed by atoms with Gasteiger partial charge >= 0.3 is 5.51 Å². The minimum Gasteiger partial charge on any atom is -0.320 e. The van der Waals surface area contributed by atoms with Gasteiger partial charge in [-0.3, -0.25) is 0 Å². The van der Waals surface area contributed by atoms with Crippen LogP contribution in [0.15, 0.2) is 29.2 Å².